The second-order valence-electron chi connectivity index (χ2n) is 6.58. The van der Waals surface area contributed by atoms with Crippen molar-refractivity contribution < 1.29 is 8.42 Å². The molecule has 2 aromatic heterocycles. The van der Waals surface area contributed by atoms with Crippen molar-refractivity contribution in [3.63, 3.8) is 0 Å². The molecule has 1 atom stereocenters. The lowest BCUT2D eigenvalue weighted by Crippen LogP contribution is -2.15. The molecule has 1 aliphatic heterocycles. The van der Waals surface area contributed by atoms with Crippen LogP contribution in [-0.2, 0) is 22.8 Å². The first-order chi connectivity index (χ1) is 13.8. The molecule has 12 heteroatoms. The van der Waals surface area contributed by atoms with Crippen molar-refractivity contribution in [1.82, 2.24) is 25.1 Å². The summed E-state index contributed by atoms with van der Waals surface area (Å²) in [4.78, 5) is 13.1. The van der Waals surface area contributed by atoms with Crippen molar-refractivity contribution in [3.05, 3.63) is 50.2 Å². The molecule has 0 saturated heterocycles. The standard InChI is InChI=1S/C17H17ClIN7O2S/c1-9(15-21-8-22-26-15)23-17-24-13-4-5-29(27,28)14(13)16(25-17)20-7-10-2-3-12(19)11(18)6-10/h2-3,6,8-9H,4-5,7H2,1H3,(H,21,22,26)(H2,20,23,24,25)/t9-/m0/s1. The van der Waals surface area contributed by atoms with Crippen LogP contribution in [0, 0.1) is 3.57 Å². The van der Waals surface area contributed by atoms with Crippen LogP contribution in [-0.4, -0.2) is 39.3 Å². The lowest BCUT2D eigenvalue weighted by atomic mass is 10.2. The zero-order valence-electron chi connectivity index (χ0n) is 15.3. The topological polar surface area (TPSA) is 126 Å². The highest BCUT2D eigenvalue weighted by molar-refractivity contribution is 14.1. The van der Waals surface area contributed by atoms with Gasteiger partial charge in [-0.25, -0.2) is 18.4 Å². The minimum atomic E-state index is -3.42. The lowest BCUT2D eigenvalue weighted by Gasteiger charge is -2.15. The van der Waals surface area contributed by atoms with E-state index >= 15 is 0 Å². The van der Waals surface area contributed by atoms with Crippen LogP contribution in [0.4, 0.5) is 11.8 Å². The number of hydrogen-bond acceptors (Lipinski definition) is 8. The molecule has 0 unspecified atom stereocenters. The summed E-state index contributed by atoms with van der Waals surface area (Å²) in [6.07, 6.45) is 1.78. The van der Waals surface area contributed by atoms with E-state index in [1.807, 2.05) is 25.1 Å². The molecule has 4 rings (SSSR count). The van der Waals surface area contributed by atoms with Crippen LogP contribution in [0.3, 0.4) is 0 Å². The van der Waals surface area contributed by atoms with Gasteiger partial charge in [0.2, 0.25) is 5.95 Å². The Morgan fingerprint density at radius 1 is 1.34 bits per heavy atom. The number of sulfone groups is 1. The largest absolute Gasteiger partial charge is 0.365 e. The minimum absolute atomic E-state index is 0.0299. The number of halogens is 2. The molecular weight excluding hydrogens is 529 g/mol. The monoisotopic (exact) mass is 545 g/mol. The van der Waals surface area contributed by atoms with E-state index in [1.165, 1.54) is 6.33 Å². The molecule has 152 valence electrons. The number of nitrogens with zero attached hydrogens (tertiary/aromatic N) is 4. The summed E-state index contributed by atoms with van der Waals surface area (Å²) in [6, 6.07) is 5.46. The predicted octanol–water partition coefficient (Wildman–Crippen LogP) is 2.97. The van der Waals surface area contributed by atoms with Crippen LogP contribution >= 0.6 is 34.2 Å². The van der Waals surface area contributed by atoms with Gasteiger partial charge in [0.05, 0.1) is 22.5 Å². The quantitative estimate of drug-likeness (QED) is 0.404. The van der Waals surface area contributed by atoms with Crippen LogP contribution in [0.5, 0.6) is 0 Å². The number of H-pyrrole nitrogens is 1. The molecule has 1 aromatic carbocycles. The average molecular weight is 546 g/mol. The maximum atomic E-state index is 12.5. The molecule has 29 heavy (non-hydrogen) atoms. The third-order valence-electron chi connectivity index (χ3n) is 4.49. The third-order valence-corrected chi connectivity index (χ3v) is 7.85. The average Bonchev–Trinajstić information content (AvgIpc) is 3.31. The van der Waals surface area contributed by atoms with Crippen molar-refractivity contribution in [2.75, 3.05) is 16.4 Å². The first-order valence-corrected chi connectivity index (χ1v) is 11.9. The number of fused-ring (bicyclic) bond motifs is 1. The Labute approximate surface area is 186 Å². The van der Waals surface area contributed by atoms with Gasteiger partial charge in [0.1, 0.15) is 17.0 Å². The fourth-order valence-electron chi connectivity index (χ4n) is 3.03. The molecule has 0 amide bonds. The Bertz CT molecular complexity index is 1150. The van der Waals surface area contributed by atoms with E-state index in [0.717, 1.165) is 9.13 Å². The molecular formula is C17H17ClIN7O2S. The van der Waals surface area contributed by atoms with E-state index < -0.39 is 9.84 Å². The fourth-order valence-corrected chi connectivity index (χ4v) is 5.16. The van der Waals surface area contributed by atoms with Gasteiger partial charge < -0.3 is 10.6 Å². The second-order valence-corrected chi connectivity index (χ2v) is 10.2. The van der Waals surface area contributed by atoms with Gasteiger partial charge >= 0.3 is 0 Å². The molecule has 0 aliphatic carbocycles. The molecule has 0 saturated carbocycles. The molecule has 0 radical (unpaired) electrons. The van der Waals surface area contributed by atoms with E-state index in [1.54, 1.807) is 0 Å². The zero-order valence-corrected chi connectivity index (χ0v) is 19.0. The van der Waals surface area contributed by atoms with E-state index in [2.05, 4.69) is 58.4 Å². The number of hydrogen-bond donors (Lipinski definition) is 3. The van der Waals surface area contributed by atoms with Crippen LogP contribution in [0.1, 0.15) is 30.0 Å². The Morgan fingerprint density at radius 2 is 2.17 bits per heavy atom. The van der Waals surface area contributed by atoms with Crippen LogP contribution in [0.25, 0.3) is 0 Å². The minimum Gasteiger partial charge on any atom is -0.365 e. The van der Waals surface area contributed by atoms with E-state index in [-0.39, 0.29) is 22.5 Å². The normalized spacial score (nSPS) is 15.7. The SMILES string of the molecule is C[C@H](Nc1nc2c(c(NCc3ccc(I)c(Cl)c3)n1)S(=O)(=O)CC2)c1ncn[nH]1. The lowest BCUT2D eigenvalue weighted by molar-refractivity contribution is 0.600. The number of aryl methyl sites for hydroxylation is 1. The Morgan fingerprint density at radius 3 is 2.90 bits per heavy atom. The number of aromatic nitrogens is 5. The molecule has 3 heterocycles. The molecule has 3 N–H and O–H groups in total. The van der Waals surface area contributed by atoms with Gasteiger partial charge in [0.25, 0.3) is 0 Å². The van der Waals surface area contributed by atoms with Gasteiger partial charge in [0, 0.05) is 16.5 Å². The van der Waals surface area contributed by atoms with Crippen molar-refractivity contribution >= 4 is 55.8 Å². The van der Waals surface area contributed by atoms with Crippen LogP contribution in [0.15, 0.2) is 29.4 Å². The number of nitrogens with one attached hydrogen (secondary N) is 3. The summed E-state index contributed by atoms with van der Waals surface area (Å²) >= 11 is 8.34. The number of rotatable bonds is 6. The number of anilines is 2. The Kier molecular flexibility index (Phi) is 5.62. The van der Waals surface area contributed by atoms with Gasteiger partial charge in [-0.05, 0) is 47.2 Å². The van der Waals surface area contributed by atoms with Gasteiger partial charge in [-0.3, -0.25) is 5.10 Å². The van der Waals surface area contributed by atoms with Crippen molar-refractivity contribution in [3.8, 4) is 0 Å². The molecule has 1 aliphatic rings. The highest BCUT2D eigenvalue weighted by Crippen LogP contribution is 2.32. The van der Waals surface area contributed by atoms with Crippen molar-refractivity contribution in [1.29, 1.82) is 0 Å². The number of aromatic amines is 1. The Hall–Kier alpha value is -1.99. The second kappa shape index (κ2) is 8.03. The molecule has 0 bridgehead atoms. The Balaban J connectivity index is 1.63. The maximum Gasteiger partial charge on any atom is 0.225 e. The first kappa shape index (κ1) is 20.3. The van der Waals surface area contributed by atoms with Gasteiger partial charge in [0.15, 0.2) is 15.7 Å². The van der Waals surface area contributed by atoms with E-state index in [4.69, 9.17) is 11.6 Å². The summed E-state index contributed by atoms with van der Waals surface area (Å²) in [5.74, 6) is 1.27. The van der Waals surface area contributed by atoms with Crippen molar-refractivity contribution in [2.24, 2.45) is 0 Å². The highest BCUT2D eigenvalue weighted by atomic mass is 127. The summed E-state index contributed by atoms with van der Waals surface area (Å²) in [5, 5.41) is 13.6. The maximum absolute atomic E-state index is 12.5. The summed E-state index contributed by atoms with van der Waals surface area (Å²) in [5.41, 5.74) is 1.43. The zero-order chi connectivity index (χ0) is 20.6. The van der Waals surface area contributed by atoms with E-state index in [0.29, 0.717) is 35.5 Å². The summed E-state index contributed by atoms with van der Waals surface area (Å²) in [7, 11) is -3.42. The summed E-state index contributed by atoms with van der Waals surface area (Å²) < 4.78 is 26.0. The van der Waals surface area contributed by atoms with Crippen molar-refractivity contribution in [2.45, 2.75) is 30.8 Å². The predicted molar refractivity (Wildman–Crippen MR) is 118 cm³/mol. The first-order valence-electron chi connectivity index (χ1n) is 8.77. The third kappa shape index (κ3) is 4.31. The smallest absolute Gasteiger partial charge is 0.225 e. The highest BCUT2D eigenvalue weighted by Gasteiger charge is 2.32. The van der Waals surface area contributed by atoms with Gasteiger partial charge in [-0.2, -0.15) is 10.1 Å². The van der Waals surface area contributed by atoms with Crippen LogP contribution in [0.2, 0.25) is 5.02 Å². The van der Waals surface area contributed by atoms with Crippen LogP contribution < -0.4 is 10.6 Å². The summed E-state index contributed by atoms with van der Waals surface area (Å²) in [6.45, 7) is 2.27. The van der Waals surface area contributed by atoms with Gasteiger partial charge in [-0.1, -0.05) is 17.7 Å². The molecule has 3 aromatic rings. The number of benzene rings is 1. The molecule has 0 spiro atoms. The van der Waals surface area contributed by atoms with Gasteiger partial charge in [-0.15, -0.1) is 0 Å². The van der Waals surface area contributed by atoms with E-state index in [9.17, 15) is 8.42 Å². The molecule has 9 nitrogen and oxygen atoms in total. The molecule has 0 fully saturated rings. The fraction of sp³-hybridized carbons (Fsp3) is 0.294.